The molecule has 14 heavy (non-hydrogen) atoms. The molecule has 0 bridgehead atoms. The lowest BCUT2D eigenvalue weighted by atomic mass is 9.81. The number of ether oxygens (including phenoxy) is 2. The first-order chi connectivity index (χ1) is 6.52. The smallest absolute Gasteiger partial charge is 0.314 e. The van der Waals surface area contributed by atoms with Crippen molar-refractivity contribution in [2.45, 2.75) is 33.3 Å². The molecule has 0 spiro atoms. The monoisotopic (exact) mass is 200 g/mol. The minimum atomic E-state index is -0.632. The molecule has 0 radical (unpaired) electrons. The van der Waals surface area contributed by atoms with Gasteiger partial charge in [-0.3, -0.25) is 4.79 Å². The molecule has 0 aromatic carbocycles. The zero-order chi connectivity index (χ0) is 11.2. The predicted molar refractivity (Wildman–Crippen MR) is 56.0 cm³/mol. The molecular formula is C11H20O3. The molecule has 3 nitrogen and oxygen atoms in total. The van der Waals surface area contributed by atoms with Crippen LogP contribution in [0, 0.1) is 5.41 Å². The summed E-state index contributed by atoms with van der Waals surface area (Å²) >= 11 is 0. The average Bonchev–Trinajstić information content (AvgIpc) is 2.17. The summed E-state index contributed by atoms with van der Waals surface area (Å²) in [4.78, 5) is 11.7. The van der Waals surface area contributed by atoms with Crippen LogP contribution in [-0.2, 0) is 14.3 Å². The van der Waals surface area contributed by atoms with Gasteiger partial charge in [0.25, 0.3) is 0 Å². The fourth-order valence-corrected chi connectivity index (χ4v) is 1.27. The summed E-state index contributed by atoms with van der Waals surface area (Å²) in [7, 11) is 1.59. The van der Waals surface area contributed by atoms with E-state index in [-0.39, 0.29) is 12.1 Å². The minimum absolute atomic E-state index is 0.181. The lowest BCUT2D eigenvalue weighted by Crippen LogP contribution is -2.40. The fraction of sp³-hybridized carbons (Fsp3) is 0.727. The average molecular weight is 200 g/mol. The standard InChI is InChI=1S/C11H20O3/c1-6-8-11(4,9(3)13-5)10(12)14-7-2/h6,9H,1,7-8H2,2-5H3/t9-,11+/m0/s1. The second kappa shape index (κ2) is 5.81. The van der Waals surface area contributed by atoms with Crippen LogP contribution in [0.15, 0.2) is 12.7 Å². The molecule has 0 saturated carbocycles. The van der Waals surface area contributed by atoms with E-state index in [9.17, 15) is 4.79 Å². The van der Waals surface area contributed by atoms with Crippen LogP contribution in [0.2, 0.25) is 0 Å². The number of esters is 1. The first-order valence-electron chi connectivity index (χ1n) is 4.83. The van der Waals surface area contributed by atoms with Crippen LogP contribution in [0.1, 0.15) is 27.2 Å². The predicted octanol–water partition coefficient (Wildman–Crippen LogP) is 2.17. The minimum Gasteiger partial charge on any atom is -0.465 e. The molecule has 0 unspecified atom stereocenters. The number of hydrogen-bond acceptors (Lipinski definition) is 3. The number of carbonyl (C=O) groups is 1. The fourth-order valence-electron chi connectivity index (χ4n) is 1.27. The normalized spacial score (nSPS) is 16.9. The summed E-state index contributed by atoms with van der Waals surface area (Å²) in [5.41, 5.74) is -0.632. The Kier molecular flexibility index (Phi) is 5.46. The number of hydrogen-bond donors (Lipinski definition) is 0. The van der Waals surface area contributed by atoms with E-state index < -0.39 is 5.41 Å². The van der Waals surface area contributed by atoms with Gasteiger partial charge in [0.15, 0.2) is 0 Å². The SMILES string of the molecule is C=CC[C@@](C)(C(=O)OCC)[C@H](C)OC. The quantitative estimate of drug-likeness (QED) is 0.487. The van der Waals surface area contributed by atoms with Gasteiger partial charge in [0.1, 0.15) is 0 Å². The van der Waals surface area contributed by atoms with Gasteiger partial charge in [-0.1, -0.05) is 6.08 Å². The van der Waals surface area contributed by atoms with Gasteiger partial charge in [-0.15, -0.1) is 6.58 Å². The van der Waals surface area contributed by atoms with Crippen LogP contribution in [-0.4, -0.2) is 25.8 Å². The highest BCUT2D eigenvalue weighted by molar-refractivity contribution is 5.77. The lowest BCUT2D eigenvalue weighted by molar-refractivity contribution is -0.162. The second-order valence-corrected chi connectivity index (χ2v) is 3.51. The molecular weight excluding hydrogens is 180 g/mol. The van der Waals surface area contributed by atoms with E-state index in [1.165, 1.54) is 0 Å². The molecule has 3 heteroatoms. The van der Waals surface area contributed by atoms with Gasteiger partial charge in [0, 0.05) is 7.11 Å². The van der Waals surface area contributed by atoms with Crippen LogP contribution < -0.4 is 0 Å². The van der Waals surface area contributed by atoms with E-state index in [0.717, 1.165) is 0 Å². The lowest BCUT2D eigenvalue weighted by Gasteiger charge is -2.31. The van der Waals surface area contributed by atoms with Crippen molar-refractivity contribution in [1.29, 1.82) is 0 Å². The van der Waals surface area contributed by atoms with Gasteiger partial charge in [-0.2, -0.15) is 0 Å². The van der Waals surface area contributed by atoms with Crippen molar-refractivity contribution in [3.8, 4) is 0 Å². The van der Waals surface area contributed by atoms with E-state index in [1.54, 1.807) is 20.1 Å². The highest BCUT2D eigenvalue weighted by Gasteiger charge is 2.39. The van der Waals surface area contributed by atoms with Gasteiger partial charge < -0.3 is 9.47 Å². The van der Waals surface area contributed by atoms with Crippen molar-refractivity contribution < 1.29 is 14.3 Å². The first kappa shape index (κ1) is 13.2. The summed E-state index contributed by atoms with van der Waals surface area (Å²) < 4.78 is 10.2. The van der Waals surface area contributed by atoms with Crippen molar-refractivity contribution in [3.05, 3.63) is 12.7 Å². The largest absolute Gasteiger partial charge is 0.465 e. The van der Waals surface area contributed by atoms with Gasteiger partial charge >= 0.3 is 5.97 Å². The Bertz CT molecular complexity index is 201. The van der Waals surface area contributed by atoms with E-state index in [4.69, 9.17) is 9.47 Å². The Morgan fingerprint density at radius 2 is 2.21 bits per heavy atom. The maximum Gasteiger partial charge on any atom is 0.314 e. The van der Waals surface area contributed by atoms with Gasteiger partial charge in [0.05, 0.1) is 18.1 Å². The van der Waals surface area contributed by atoms with Gasteiger partial charge in [-0.25, -0.2) is 0 Å². The van der Waals surface area contributed by atoms with Crippen molar-refractivity contribution >= 4 is 5.97 Å². The summed E-state index contributed by atoms with van der Waals surface area (Å²) in [6, 6.07) is 0. The summed E-state index contributed by atoms with van der Waals surface area (Å²) in [6.07, 6.45) is 2.09. The summed E-state index contributed by atoms with van der Waals surface area (Å²) in [5, 5.41) is 0. The van der Waals surface area contributed by atoms with E-state index in [0.29, 0.717) is 13.0 Å². The molecule has 0 aromatic rings. The van der Waals surface area contributed by atoms with Crippen LogP contribution in [0.25, 0.3) is 0 Å². The van der Waals surface area contributed by atoms with E-state index in [1.807, 2.05) is 13.8 Å². The number of carbonyl (C=O) groups excluding carboxylic acids is 1. The molecule has 0 aliphatic heterocycles. The van der Waals surface area contributed by atoms with Crippen molar-refractivity contribution in [3.63, 3.8) is 0 Å². The molecule has 0 saturated heterocycles. The maximum absolute atomic E-state index is 11.7. The molecule has 0 N–H and O–H groups in total. The summed E-state index contributed by atoms with van der Waals surface area (Å²) in [6.45, 7) is 9.52. The number of rotatable bonds is 6. The summed E-state index contributed by atoms with van der Waals surface area (Å²) in [5.74, 6) is -0.228. The molecule has 0 rings (SSSR count). The Balaban J connectivity index is 4.68. The Labute approximate surface area is 86.1 Å². The maximum atomic E-state index is 11.7. The highest BCUT2D eigenvalue weighted by atomic mass is 16.5. The zero-order valence-corrected chi connectivity index (χ0v) is 9.50. The molecule has 0 aliphatic rings. The molecule has 0 aromatic heterocycles. The van der Waals surface area contributed by atoms with E-state index >= 15 is 0 Å². The van der Waals surface area contributed by atoms with Crippen molar-refractivity contribution in [1.82, 2.24) is 0 Å². The topological polar surface area (TPSA) is 35.5 Å². The zero-order valence-electron chi connectivity index (χ0n) is 9.50. The molecule has 2 atom stereocenters. The molecule has 0 heterocycles. The van der Waals surface area contributed by atoms with Crippen LogP contribution in [0.3, 0.4) is 0 Å². The number of methoxy groups -OCH3 is 1. The molecule has 0 fully saturated rings. The van der Waals surface area contributed by atoms with Crippen LogP contribution >= 0.6 is 0 Å². The second-order valence-electron chi connectivity index (χ2n) is 3.51. The van der Waals surface area contributed by atoms with Crippen molar-refractivity contribution in [2.24, 2.45) is 5.41 Å². The number of allylic oxidation sites excluding steroid dienone is 1. The Hall–Kier alpha value is -0.830. The van der Waals surface area contributed by atoms with Gasteiger partial charge in [0.2, 0.25) is 0 Å². The van der Waals surface area contributed by atoms with Gasteiger partial charge in [-0.05, 0) is 27.2 Å². The molecule has 0 aliphatic carbocycles. The Morgan fingerprint density at radius 3 is 2.57 bits per heavy atom. The first-order valence-corrected chi connectivity index (χ1v) is 4.83. The molecule has 82 valence electrons. The van der Waals surface area contributed by atoms with Crippen LogP contribution in [0.5, 0.6) is 0 Å². The third kappa shape index (κ3) is 2.84. The third-order valence-electron chi connectivity index (χ3n) is 2.56. The van der Waals surface area contributed by atoms with Crippen LogP contribution in [0.4, 0.5) is 0 Å². The molecule has 0 amide bonds. The third-order valence-corrected chi connectivity index (χ3v) is 2.56. The Morgan fingerprint density at radius 1 is 1.64 bits per heavy atom. The highest BCUT2D eigenvalue weighted by Crippen LogP contribution is 2.30. The van der Waals surface area contributed by atoms with E-state index in [2.05, 4.69) is 6.58 Å². The van der Waals surface area contributed by atoms with Crippen molar-refractivity contribution in [2.75, 3.05) is 13.7 Å².